The lowest BCUT2D eigenvalue weighted by Crippen LogP contribution is -2.26. The van der Waals surface area contributed by atoms with Crippen molar-refractivity contribution in [2.45, 2.75) is 89.9 Å². The molecule has 12 rings (SSSR count). The van der Waals surface area contributed by atoms with E-state index in [1.807, 2.05) is 0 Å². The number of anilines is 3. The van der Waals surface area contributed by atoms with E-state index in [1.54, 1.807) is 0 Å². The van der Waals surface area contributed by atoms with Crippen molar-refractivity contribution >= 4 is 29.2 Å². The summed E-state index contributed by atoms with van der Waals surface area (Å²) in [5.74, 6) is 0. The summed E-state index contributed by atoms with van der Waals surface area (Å²) in [4.78, 5) is 2.39. The molecule has 0 radical (unpaired) electrons. The van der Waals surface area contributed by atoms with Gasteiger partial charge in [-0.05, 0) is 172 Å². The van der Waals surface area contributed by atoms with Crippen LogP contribution >= 0.6 is 0 Å². The molecule has 9 aromatic carbocycles. The second-order valence-electron chi connectivity index (χ2n) is 22.4. The van der Waals surface area contributed by atoms with E-state index in [-0.39, 0.29) is 16.2 Å². The first-order chi connectivity index (χ1) is 34.3. The third-order valence-electron chi connectivity index (χ3n) is 16.4. The van der Waals surface area contributed by atoms with Gasteiger partial charge in [0, 0.05) is 22.5 Å². The van der Waals surface area contributed by atoms with Crippen LogP contribution in [-0.2, 0) is 21.7 Å². The molecule has 1 spiro atoms. The maximum Gasteiger partial charge on any atom is 0.0725 e. The second kappa shape index (κ2) is 16.6. The Morgan fingerprint density at radius 1 is 0.352 bits per heavy atom. The Bertz CT molecular complexity index is 3450. The second-order valence-corrected chi connectivity index (χ2v) is 22.4. The van der Waals surface area contributed by atoms with E-state index in [4.69, 9.17) is 0 Å². The molecule has 0 atom stereocenters. The molecule has 0 N–H and O–H groups in total. The Kier molecular flexibility index (Phi) is 10.4. The zero-order valence-corrected chi connectivity index (χ0v) is 42.6. The first-order valence-electron chi connectivity index (χ1n) is 25.9. The third-order valence-corrected chi connectivity index (χ3v) is 16.4. The Balaban J connectivity index is 0.957. The zero-order chi connectivity index (χ0) is 48.9. The first-order valence-corrected chi connectivity index (χ1v) is 25.9. The van der Waals surface area contributed by atoms with E-state index < -0.39 is 5.41 Å². The molecular weight excluding hydrogens is 855 g/mol. The van der Waals surface area contributed by atoms with Gasteiger partial charge in [-0.1, -0.05) is 219 Å². The fraction of sp³-hybridized carbons (Fsp3) is 0.200. The quantitative estimate of drug-likeness (QED) is 0.137. The van der Waals surface area contributed by atoms with Crippen molar-refractivity contribution in [3.8, 4) is 44.5 Å². The number of para-hydroxylation sites is 2. The van der Waals surface area contributed by atoms with Crippen LogP contribution in [-0.4, -0.2) is 0 Å². The maximum absolute atomic E-state index is 2.54. The van der Waals surface area contributed by atoms with Gasteiger partial charge in [-0.3, -0.25) is 0 Å². The summed E-state index contributed by atoms with van der Waals surface area (Å²) < 4.78 is 0. The lowest BCUT2D eigenvalue weighted by Gasteiger charge is -2.32. The summed E-state index contributed by atoms with van der Waals surface area (Å²) in [6.07, 6.45) is 6.74. The standard InChI is InChI=1S/C70H63N/c1-9-69(10-2)63-39-46(31-35-57(63)58-38-34-54(45-64(58)69)71(52-21-13-11-14-22-52)53-23-15-12-16-24-53)29-30-47-32-36-59-60-37-33-48(49-41-50(67(3,4)5)44-51(42-49)68(6,7)8)43-66(60)70(65(59)40-47)61-27-19-17-25-55(61)56-26-18-20-28-62(56)70/h11-45H,9-10H2,1-8H3/b30-29+. The third kappa shape index (κ3) is 6.95. The zero-order valence-electron chi connectivity index (χ0n) is 42.6. The van der Waals surface area contributed by atoms with Gasteiger partial charge in [-0.15, -0.1) is 0 Å². The molecule has 0 unspecified atom stereocenters. The van der Waals surface area contributed by atoms with Gasteiger partial charge in [0.15, 0.2) is 0 Å². The largest absolute Gasteiger partial charge is 0.310 e. The molecule has 0 saturated carbocycles. The van der Waals surface area contributed by atoms with Gasteiger partial charge in [0.1, 0.15) is 0 Å². The lowest BCUT2D eigenvalue weighted by atomic mass is 9.70. The van der Waals surface area contributed by atoms with Crippen LogP contribution in [0.25, 0.3) is 56.7 Å². The van der Waals surface area contributed by atoms with Gasteiger partial charge in [0.25, 0.3) is 0 Å². The molecule has 0 fully saturated rings. The van der Waals surface area contributed by atoms with Crippen LogP contribution in [0.15, 0.2) is 200 Å². The molecule has 3 aliphatic rings. The summed E-state index contributed by atoms with van der Waals surface area (Å²) in [5.41, 5.74) is 27.0. The monoisotopic (exact) mass is 917 g/mol. The fourth-order valence-electron chi connectivity index (χ4n) is 12.6. The van der Waals surface area contributed by atoms with Crippen molar-refractivity contribution in [3.05, 3.63) is 256 Å². The van der Waals surface area contributed by atoms with Crippen molar-refractivity contribution < 1.29 is 0 Å². The van der Waals surface area contributed by atoms with Gasteiger partial charge in [0.2, 0.25) is 0 Å². The summed E-state index contributed by atoms with van der Waals surface area (Å²) in [5, 5.41) is 0. The van der Waals surface area contributed by atoms with Crippen LogP contribution in [0.1, 0.15) is 124 Å². The van der Waals surface area contributed by atoms with E-state index in [0.717, 1.165) is 24.2 Å². The minimum Gasteiger partial charge on any atom is -0.310 e. The molecule has 0 aliphatic heterocycles. The predicted molar refractivity (Wildman–Crippen MR) is 302 cm³/mol. The molecule has 0 heterocycles. The molecule has 3 aliphatic carbocycles. The minimum atomic E-state index is -0.455. The lowest BCUT2D eigenvalue weighted by molar-refractivity contribution is 0.490. The average Bonchev–Trinajstić information content (AvgIpc) is 3.96. The highest BCUT2D eigenvalue weighted by molar-refractivity contribution is 5.97. The Morgan fingerprint density at radius 2 is 0.775 bits per heavy atom. The van der Waals surface area contributed by atoms with E-state index in [2.05, 4.69) is 273 Å². The molecule has 71 heavy (non-hydrogen) atoms. The number of benzene rings is 9. The van der Waals surface area contributed by atoms with Crippen molar-refractivity contribution in [2.24, 2.45) is 0 Å². The van der Waals surface area contributed by atoms with Gasteiger partial charge >= 0.3 is 0 Å². The van der Waals surface area contributed by atoms with Crippen LogP contribution < -0.4 is 4.90 Å². The smallest absolute Gasteiger partial charge is 0.0725 e. The van der Waals surface area contributed by atoms with Gasteiger partial charge in [0.05, 0.1) is 5.41 Å². The number of fused-ring (bicyclic) bond motifs is 13. The van der Waals surface area contributed by atoms with E-state index in [9.17, 15) is 0 Å². The molecule has 1 heteroatoms. The first kappa shape index (κ1) is 44.7. The highest BCUT2D eigenvalue weighted by atomic mass is 15.1. The Labute approximate surface area is 422 Å². The summed E-state index contributed by atoms with van der Waals surface area (Å²) >= 11 is 0. The average molecular weight is 918 g/mol. The van der Waals surface area contributed by atoms with Gasteiger partial charge in [-0.2, -0.15) is 0 Å². The molecule has 1 nitrogen and oxygen atoms in total. The van der Waals surface area contributed by atoms with Gasteiger partial charge < -0.3 is 4.90 Å². The summed E-state index contributed by atoms with van der Waals surface area (Å²) in [6, 6.07) is 76.1. The SMILES string of the molecule is CCC1(CC)c2cc(/C=C/c3ccc4c(c3)C3(c5ccccc5-c5ccccc53)c3cc(-c5cc(C(C)(C)C)cc(C(C)(C)C)c5)ccc3-4)ccc2-c2ccc(N(c3ccccc3)c3ccccc3)cc21. The van der Waals surface area contributed by atoms with Crippen molar-refractivity contribution in [1.29, 1.82) is 0 Å². The normalized spacial score (nSPS) is 14.5. The van der Waals surface area contributed by atoms with Crippen LogP contribution in [0, 0.1) is 0 Å². The molecule has 0 saturated heterocycles. The Morgan fingerprint density at radius 3 is 1.30 bits per heavy atom. The molecule has 0 aromatic heterocycles. The highest BCUT2D eigenvalue weighted by Gasteiger charge is 2.52. The van der Waals surface area contributed by atoms with Crippen molar-refractivity contribution in [1.82, 2.24) is 0 Å². The van der Waals surface area contributed by atoms with Crippen LogP contribution in [0.4, 0.5) is 17.1 Å². The molecule has 0 bridgehead atoms. The topological polar surface area (TPSA) is 3.24 Å². The van der Waals surface area contributed by atoms with Crippen molar-refractivity contribution in [3.63, 3.8) is 0 Å². The Hall–Kier alpha value is -7.48. The number of nitrogens with zero attached hydrogens (tertiary/aromatic N) is 1. The predicted octanol–water partition coefficient (Wildman–Crippen LogP) is 19.0. The van der Waals surface area contributed by atoms with Crippen LogP contribution in [0.2, 0.25) is 0 Å². The summed E-state index contributed by atoms with van der Waals surface area (Å²) in [7, 11) is 0. The van der Waals surface area contributed by atoms with E-state index in [1.165, 1.54) is 106 Å². The minimum absolute atomic E-state index is 0.0232. The number of hydrogen-bond acceptors (Lipinski definition) is 1. The highest BCUT2D eigenvalue weighted by Crippen LogP contribution is 2.63. The fourth-order valence-corrected chi connectivity index (χ4v) is 12.6. The molecular formula is C70H63N. The molecule has 9 aromatic rings. The van der Waals surface area contributed by atoms with Crippen molar-refractivity contribution in [2.75, 3.05) is 4.90 Å². The van der Waals surface area contributed by atoms with E-state index in [0.29, 0.717) is 0 Å². The van der Waals surface area contributed by atoms with E-state index >= 15 is 0 Å². The number of hydrogen-bond donors (Lipinski definition) is 0. The molecule has 348 valence electrons. The summed E-state index contributed by atoms with van der Waals surface area (Å²) in [6.45, 7) is 18.7. The van der Waals surface area contributed by atoms with Crippen LogP contribution in [0.3, 0.4) is 0 Å². The molecule has 0 amide bonds. The number of rotatable bonds is 8. The van der Waals surface area contributed by atoms with Gasteiger partial charge in [-0.25, -0.2) is 0 Å². The van der Waals surface area contributed by atoms with Crippen LogP contribution in [0.5, 0.6) is 0 Å². The maximum atomic E-state index is 2.54.